The van der Waals surface area contributed by atoms with E-state index in [1.807, 2.05) is 18.2 Å². The van der Waals surface area contributed by atoms with Gasteiger partial charge in [0.1, 0.15) is 0 Å². The number of anilines is 1. The Morgan fingerprint density at radius 2 is 1.94 bits per heavy atom. The summed E-state index contributed by atoms with van der Waals surface area (Å²) in [6.45, 7) is 7.09. The van der Waals surface area contributed by atoms with Crippen LogP contribution in [0, 0.1) is 0 Å². The zero-order chi connectivity index (χ0) is 12.2. The maximum Gasteiger partial charge on any atom is 0.219 e. The van der Waals surface area contributed by atoms with Crippen LogP contribution in [0.25, 0.3) is 0 Å². The topological polar surface area (TPSA) is 55.1 Å². The standard InChI is InChI=1S/C13H20N2O/c1-13(2,3)10-6-4-5-7-11(10)15-9-8-12(14)16/h4-7,15H,8-9H2,1-3H3,(H2,14,16). The number of hydrogen-bond acceptors (Lipinski definition) is 2. The summed E-state index contributed by atoms with van der Waals surface area (Å²) in [5.41, 5.74) is 7.52. The summed E-state index contributed by atoms with van der Waals surface area (Å²) in [4.78, 5) is 10.7. The van der Waals surface area contributed by atoms with Crippen molar-refractivity contribution in [1.29, 1.82) is 0 Å². The Balaban J connectivity index is 2.76. The van der Waals surface area contributed by atoms with Crippen molar-refractivity contribution in [2.75, 3.05) is 11.9 Å². The van der Waals surface area contributed by atoms with Crippen LogP contribution in [-0.2, 0) is 10.2 Å². The van der Waals surface area contributed by atoms with Gasteiger partial charge in [0, 0.05) is 18.7 Å². The molecule has 3 N–H and O–H groups in total. The molecule has 0 aliphatic carbocycles. The molecule has 0 unspecified atom stereocenters. The predicted octanol–water partition coefficient (Wildman–Crippen LogP) is 2.27. The van der Waals surface area contributed by atoms with Crippen LogP contribution in [0.1, 0.15) is 32.8 Å². The van der Waals surface area contributed by atoms with Gasteiger partial charge in [0.15, 0.2) is 0 Å². The van der Waals surface area contributed by atoms with Gasteiger partial charge >= 0.3 is 0 Å². The van der Waals surface area contributed by atoms with Crippen LogP contribution in [0.2, 0.25) is 0 Å². The van der Waals surface area contributed by atoms with Crippen LogP contribution in [0.15, 0.2) is 24.3 Å². The lowest BCUT2D eigenvalue weighted by Gasteiger charge is -2.23. The molecule has 0 saturated carbocycles. The highest BCUT2D eigenvalue weighted by molar-refractivity contribution is 5.74. The Hall–Kier alpha value is -1.51. The second-order valence-electron chi connectivity index (χ2n) is 4.94. The third-order valence-electron chi connectivity index (χ3n) is 2.42. The molecule has 3 heteroatoms. The molecule has 1 amide bonds. The second-order valence-corrected chi connectivity index (χ2v) is 4.94. The number of carbonyl (C=O) groups is 1. The molecule has 0 aromatic heterocycles. The van der Waals surface area contributed by atoms with Crippen LogP contribution in [-0.4, -0.2) is 12.5 Å². The first kappa shape index (κ1) is 12.6. The summed E-state index contributed by atoms with van der Waals surface area (Å²) in [5, 5.41) is 3.25. The zero-order valence-electron chi connectivity index (χ0n) is 10.2. The number of amides is 1. The third-order valence-corrected chi connectivity index (χ3v) is 2.42. The molecule has 0 radical (unpaired) electrons. The summed E-state index contributed by atoms with van der Waals surface area (Å²) in [5.74, 6) is -0.277. The van der Waals surface area contributed by atoms with Gasteiger partial charge in [-0.05, 0) is 17.0 Å². The first-order valence-corrected chi connectivity index (χ1v) is 5.53. The molecule has 0 fully saturated rings. The Morgan fingerprint density at radius 3 is 2.50 bits per heavy atom. The van der Waals surface area contributed by atoms with Gasteiger partial charge in [0.2, 0.25) is 5.91 Å². The number of nitrogens with one attached hydrogen (secondary N) is 1. The van der Waals surface area contributed by atoms with Crippen LogP contribution in [0.4, 0.5) is 5.69 Å². The van der Waals surface area contributed by atoms with Gasteiger partial charge in [0.05, 0.1) is 0 Å². The number of carbonyl (C=O) groups excluding carboxylic acids is 1. The fourth-order valence-electron chi connectivity index (χ4n) is 1.61. The fraction of sp³-hybridized carbons (Fsp3) is 0.462. The van der Waals surface area contributed by atoms with Gasteiger partial charge in [-0.15, -0.1) is 0 Å². The summed E-state index contributed by atoms with van der Waals surface area (Å²) < 4.78 is 0. The van der Waals surface area contributed by atoms with Gasteiger partial charge < -0.3 is 11.1 Å². The van der Waals surface area contributed by atoms with E-state index in [0.29, 0.717) is 13.0 Å². The SMILES string of the molecule is CC(C)(C)c1ccccc1NCCC(N)=O. The molecular formula is C13H20N2O. The molecule has 88 valence electrons. The minimum absolute atomic E-state index is 0.0936. The monoisotopic (exact) mass is 220 g/mol. The molecule has 3 nitrogen and oxygen atoms in total. The van der Waals surface area contributed by atoms with Gasteiger partial charge in [-0.25, -0.2) is 0 Å². The number of nitrogens with two attached hydrogens (primary N) is 1. The highest BCUT2D eigenvalue weighted by Gasteiger charge is 2.16. The first-order chi connectivity index (χ1) is 7.41. The lowest BCUT2D eigenvalue weighted by atomic mass is 9.86. The number of para-hydroxylation sites is 1. The lowest BCUT2D eigenvalue weighted by Crippen LogP contribution is -2.18. The van der Waals surface area contributed by atoms with Gasteiger partial charge in [0.25, 0.3) is 0 Å². The number of benzene rings is 1. The van der Waals surface area contributed by atoms with E-state index in [9.17, 15) is 4.79 Å². The minimum atomic E-state index is -0.277. The number of primary amides is 1. The minimum Gasteiger partial charge on any atom is -0.384 e. The molecule has 0 saturated heterocycles. The quantitative estimate of drug-likeness (QED) is 0.817. The molecule has 1 rings (SSSR count). The average molecular weight is 220 g/mol. The van der Waals surface area contributed by atoms with E-state index in [-0.39, 0.29) is 11.3 Å². The average Bonchev–Trinajstić information content (AvgIpc) is 2.16. The smallest absolute Gasteiger partial charge is 0.219 e. The summed E-state index contributed by atoms with van der Waals surface area (Å²) in [6, 6.07) is 8.15. The summed E-state index contributed by atoms with van der Waals surface area (Å²) >= 11 is 0. The highest BCUT2D eigenvalue weighted by Crippen LogP contribution is 2.28. The lowest BCUT2D eigenvalue weighted by molar-refractivity contribution is -0.117. The summed E-state index contributed by atoms with van der Waals surface area (Å²) in [6.07, 6.45) is 0.360. The molecule has 0 aliphatic rings. The van der Waals surface area contributed by atoms with E-state index < -0.39 is 0 Å². The molecule has 1 aromatic rings. The molecule has 0 atom stereocenters. The highest BCUT2D eigenvalue weighted by atomic mass is 16.1. The molecule has 1 aromatic carbocycles. The van der Waals surface area contributed by atoms with E-state index in [1.165, 1.54) is 5.56 Å². The van der Waals surface area contributed by atoms with Crippen molar-refractivity contribution < 1.29 is 4.79 Å². The molecular weight excluding hydrogens is 200 g/mol. The van der Waals surface area contributed by atoms with E-state index in [4.69, 9.17) is 5.73 Å². The molecule has 0 spiro atoms. The Labute approximate surface area is 97.0 Å². The van der Waals surface area contributed by atoms with Crippen molar-refractivity contribution in [2.24, 2.45) is 5.73 Å². The van der Waals surface area contributed by atoms with Crippen LogP contribution >= 0.6 is 0 Å². The van der Waals surface area contributed by atoms with Gasteiger partial charge in [-0.1, -0.05) is 39.0 Å². The van der Waals surface area contributed by atoms with Crippen molar-refractivity contribution >= 4 is 11.6 Å². The van der Waals surface area contributed by atoms with Crippen molar-refractivity contribution in [2.45, 2.75) is 32.6 Å². The maximum atomic E-state index is 10.7. The van der Waals surface area contributed by atoms with Crippen LogP contribution in [0.5, 0.6) is 0 Å². The normalized spacial score (nSPS) is 11.2. The molecule has 0 aliphatic heterocycles. The zero-order valence-corrected chi connectivity index (χ0v) is 10.2. The largest absolute Gasteiger partial charge is 0.384 e. The van der Waals surface area contributed by atoms with Crippen molar-refractivity contribution in [3.63, 3.8) is 0 Å². The number of rotatable bonds is 4. The van der Waals surface area contributed by atoms with E-state index in [2.05, 4.69) is 32.2 Å². The van der Waals surface area contributed by atoms with E-state index in [0.717, 1.165) is 5.69 Å². The molecule has 16 heavy (non-hydrogen) atoms. The van der Waals surface area contributed by atoms with E-state index in [1.54, 1.807) is 0 Å². The Morgan fingerprint density at radius 1 is 1.31 bits per heavy atom. The second kappa shape index (κ2) is 5.01. The van der Waals surface area contributed by atoms with Crippen molar-refractivity contribution in [3.05, 3.63) is 29.8 Å². The Kier molecular flexibility index (Phi) is 3.93. The summed E-state index contributed by atoms with van der Waals surface area (Å²) in [7, 11) is 0. The van der Waals surface area contributed by atoms with Crippen molar-refractivity contribution in [1.82, 2.24) is 0 Å². The third kappa shape index (κ3) is 3.57. The van der Waals surface area contributed by atoms with Gasteiger partial charge in [-0.2, -0.15) is 0 Å². The fourth-order valence-corrected chi connectivity index (χ4v) is 1.61. The number of hydrogen-bond donors (Lipinski definition) is 2. The molecule has 0 heterocycles. The molecule has 0 bridgehead atoms. The first-order valence-electron chi connectivity index (χ1n) is 5.53. The predicted molar refractivity (Wildman–Crippen MR) is 67.4 cm³/mol. The van der Waals surface area contributed by atoms with Crippen LogP contribution < -0.4 is 11.1 Å². The van der Waals surface area contributed by atoms with Gasteiger partial charge in [-0.3, -0.25) is 4.79 Å². The van der Waals surface area contributed by atoms with Crippen molar-refractivity contribution in [3.8, 4) is 0 Å². The van der Waals surface area contributed by atoms with E-state index >= 15 is 0 Å². The Bertz CT molecular complexity index is 366. The van der Waals surface area contributed by atoms with Crippen LogP contribution in [0.3, 0.4) is 0 Å². The maximum absolute atomic E-state index is 10.7.